The lowest BCUT2D eigenvalue weighted by Crippen LogP contribution is -2.28. The second kappa shape index (κ2) is 6.76. The number of nitrogens with one attached hydrogen (secondary N) is 1. The third-order valence-electron chi connectivity index (χ3n) is 3.24. The Balaban J connectivity index is 2.44. The van der Waals surface area contributed by atoms with Crippen LogP contribution in [0, 0.1) is 6.92 Å². The van der Waals surface area contributed by atoms with E-state index in [2.05, 4.69) is 5.32 Å². The van der Waals surface area contributed by atoms with Crippen molar-refractivity contribution in [1.82, 2.24) is 9.29 Å². The molecular formula is C15H16N2O5S. The summed E-state index contributed by atoms with van der Waals surface area (Å²) in [4.78, 5) is 22.3. The average Bonchev–Trinajstić information content (AvgIpc) is 2.52. The molecule has 0 aliphatic carbocycles. The largest absolute Gasteiger partial charge is 0.503 e. The van der Waals surface area contributed by atoms with E-state index in [9.17, 15) is 23.1 Å². The average molecular weight is 336 g/mol. The lowest BCUT2D eigenvalue weighted by Gasteiger charge is -2.10. The van der Waals surface area contributed by atoms with Gasteiger partial charge in [0.05, 0.1) is 11.4 Å². The topological polar surface area (TPSA) is 105 Å². The number of carbonyl (C=O) groups is 1. The van der Waals surface area contributed by atoms with Gasteiger partial charge in [0, 0.05) is 18.3 Å². The third kappa shape index (κ3) is 3.49. The van der Waals surface area contributed by atoms with Crippen LogP contribution in [0.1, 0.15) is 11.1 Å². The molecule has 2 aromatic rings. The van der Waals surface area contributed by atoms with Crippen LogP contribution in [0.25, 0.3) is 0 Å². The normalized spacial score (nSPS) is 11.3. The van der Waals surface area contributed by atoms with Gasteiger partial charge in [-0.1, -0.05) is 17.7 Å². The predicted molar refractivity (Wildman–Crippen MR) is 83.9 cm³/mol. The van der Waals surface area contributed by atoms with Crippen LogP contribution in [0.5, 0.6) is 5.75 Å². The Morgan fingerprint density at radius 2 is 1.87 bits per heavy atom. The van der Waals surface area contributed by atoms with Crippen LogP contribution >= 0.6 is 0 Å². The van der Waals surface area contributed by atoms with Gasteiger partial charge in [-0.05, 0) is 25.1 Å². The van der Waals surface area contributed by atoms with Crippen LogP contribution in [0.15, 0.2) is 46.2 Å². The van der Waals surface area contributed by atoms with Gasteiger partial charge < -0.3 is 15.2 Å². The van der Waals surface area contributed by atoms with E-state index in [-0.39, 0.29) is 23.5 Å². The van der Waals surface area contributed by atoms with Gasteiger partial charge in [0.2, 0.25) is 0 Å². The van der Waals surface area contributed by atoms with E-state index in [1.165, 1.54) is 18.2 Å². The van der Waals surface area contributed by atoms with Gasteiger partial charge in [-0.15, -0.1) is 0 Å². The molecule has 0 spiro atoms. The van der Waals surface area contributed by atoms with Gasteiger partial charge in [0.1, 0.15) is 6.29 Å². The Kier molecular flexibility index (Phi) is 4.97. The molecule has 2 rings (SSSR count). The molecule has 0 aliphatic rings. The SMILES string of the molecule is Cc1ccc(S(=O)(=O)n2ccc(CNCC=O)c(O)c2=O)cc1. The molecule has 1 aromatic carbocycles. The molecule has 23 heavy (non-hydrogen) atoms. The number of aryl methyl sites for hydroxylation is 1. The number of nitrogens with zero attached hydrogens (tertiary/aromatic N) is 1. The quantitative estimate of drug-likeness (QED) is 0.584. The molecule has 0 fully saturated rings. The Bertz CT molecular complexity index is 870. The van der Waals surface area contributed by atoms with Crippen molar-refractivity contribution in [2.75, 3.05) is 6.54 Å². The molecule has 0 atom stereocenters. The summed E-state index contributed by atoms with van der Waals surface area (Å²) in [6.07, 6.45) is 1.73. The van der Waals surface area contributed by atoms with Crippen molar-refractivity contribution in [3.8, 4) is 5.75 Å². The van der Waals surface area contributed by atoms with Crippen molar-refractivity contribution < 1.29 is 18.3 Å². The molecule has 0 saturated carbocycles. The number of carbonyl (C=O) groups excluding carboxylic acids is 1. The van der Waals surface area contributed by atoms with Crippen molar-refractivity contribution in [3.05, 3.63) is 58.0 Å². The Labute approximate surface area is 133 Å². The molecule has 8 heteroatoms. The van der Waals surface area contributed by atoms with E-state index in [4.69, 9.17) is 0 Å². The minimum Gasteiger partial charge on any atom is -0.503 e. The Morgan fingerprint density at radius 3 is 2.48 bits per heavy atom. The number of aldehydes is 1. The Morgan fingerprint density at radius 1 is 1.22 bits per heavy atom. The first-order valence-electron chi connectivity index (χ1n) is 6.78. The van der Waals surface area contributed by atoms with E-state index in [1.807, 2.05) is 6.92 Å². The molecule has 1 heterocycles. The summed E-state index contributed by atoms with van der Waals surface area (Å²) >= 11 is 0. The summed E-state index contributed by atoms with van der Waals surface area (Å²) in [6.45, 7) is 1.95. The van der Waals surface area contributed by atoms with Crippen LogP contribution in [-0.2, 0) is 21.4 Å². The fourth-order valence-corrected chi connectivity index (χ4v) is 3.20. The van der Waals surface area contributed by atoms with Crippen LogP contribution in [-0.4, -0.2) is 30.3 Å². The van der Waals surface area contributed by atoms with Crippen LogP contribution in [0.4, 0.5) is 0 Å². The fourth-order valence-electron chi connectivity index (χ4n) is 1.97. The molecule has 0 radical (unpaired) electrons. The second-order valence-corrected chi connectivity index (χ2v) is 6.72. The predicted octanol–water partition coefficient (Wildman–Crippen LogP) is 0.388. The highest BCUT2D eigenvalue weighted by molar-refractivity contribution is 7.90. The van der Waals surface area contributed by atoms with E-state index in [0.29, 0.717) is 10.3 Å². The highest BCUT2D eigenvalue weighted by Gasteiger charge is 2.21. The van der Waals surface area contributed by atoms with Crippen LogP contribution < -0.4 is 10.9 Å². The number of aromatic hydroxyl groups is 1. The summed E-state index contributed by atoms with van der Waals surface area (Å²) in [5.74, 6) is -0.665. The first-order valence-corrected chi connectivity index (χ1v) is 8.22. The first-order chi connectivity index (χ1) is 10.9. The van der Waals surface area contributed by atoms with Crippen molar-refractivity contribution in [2.24, 2.45) is 0 Å². The molecule has 2 N–H and O–H groups in total. The molecule has 0 bridgehead atoms. The van der Waals surface area contributed by atoms with E-state index in [1.54, 1.807) is 12.1 Å². The van der Waals surface area contributed by atoms with Gasteiger partial charge in [-0.2, -0.15) is 0 Å². The number of hydrogen-bond donors (Lipinski definition) is 2. The van der Waals surface area contributed by atoms with Gasteiger partial charge in [0.25, 0.3) is 10.0 Å². The van der Waals surface area contributed by atoms with E-state index < -0.39 is 21.3 Å². The van der Waals surface area contributed by atoms with Crippen LogP contribution in [0.2, 0.25) is 0 Å². The molecule has 0 aliphatic heterocycles. The van der Waals surface area contributed by atoms with Crippen molar-refractivity contribution >= 4 is 16.3 Å². The number of pyridine rings is 1. The first kappa shape index (κ1) is 16.9. The van der Waals surface area contributed by atoms with Gasteiger partial charge in [0.15, 0.2) is 5.75 Å². The molecular weight excluding hydrogens is 320 g/mol. The summed E-state index contributed by atoms with van der Waals surface area (Å²) in [5, 5.41) is 12.6. The smallest absolute Gasteiger partial charge is 0.306 e. The molecule has 122 valence electrons. The molecule has 0 unspecified atom stereocenters. The Hall–Kier alpha value is -2.45. The highest BCUT2D eigenvalue weighted by atomic mass is 32.2. The summed E-state index contributed by atoms with van der Waals surface area (Å²) < 4.78 is 25.5. The molecule has 0 amide bonds. The molecule has 7 nitrogen and oxygen atoms in total. The maximum Gasteiger partial charge on any atom is 0.306 e. The van der Waals surface area contributed by atoms with E-state index >= 15 is 0 Å². The van der Waals surface area contributed by atoms with Gasteiger partial charge >= 0.3 is 5.56 Å². The lowest BCUT2D eigenvalue weighted by atomic mass is 10.2. The zero-order valence-corrected chi connectivity index (χ0v) is 13.2. The minimum atomic E-state index is -4.08. The van der Waals surface area contributed by atoms with E-state index in [0.717, 1.165) is 11.8 Å². The highest BCUT2D eigenvalue weighted by Crippen LogP contribution is 2.16. The lowest BCUT2D eigenvalue weighted by molar-refractivity contribution is -0.107. The van der Waals surface area contributed by atoms with Gasteiger partial charge in [-0.25, -0.2) is 12.4 Å². The van der Waals surface area contributed by atoms with Crippen molar-refractivity contribution in [1.29, 1.82) is 0 Å². The minimum absolute atomic E-state index is 0.0450. The maximum atomic E-state index is 12.5. The second-order valence-electron chi connectivity index (χ2n) is 4.91. The fraction of sp³-hybridized carbons (Fsp3) is 0.200. The van der Waals surface area contributed by atoms with Crippen molar-refractivity contribution in [2.45, 2.75) is 18.4 Å². The zero-order valence-electron chi connectivity index (χ0n) is 12.4. The number of benzene rings is 1. The standard InChI is InChI=1S/C15H16N2O5S/c1-11-2-4-13(5-3-11)23(21,22)17-8-6-12(10-16-7-9-18)14(19)15(17)20/h2-6,8-9,16,19H,7,10H2,1H3. The third-order valence-corrected chi connectivity index (χ3v) is 4.91. The maximum absolute atomic E-state index is 12.5. The number of aromatic nitrogens is 1. The summed E-state index contributed by atoms with van der Waals surface area (Å²) in [7, 11) is -4.08. The number of rotatable bonds is 6. The zero-order chi connectivity index (χ0) is 17.0. The van der Waals surface area contributed by atoms with Crippen molar-refractivity contribution in [3.63, 3.8) is 0 Å². The monoisotopic (exact) mass is 336 g/mol. The molecule has 1 aromatic heterocycles. The summed E-state index contributed by atoms with van der Waals surface area (Å²) in [5.41, 5.74) is 0.0685. The van der Waals surface area contributed by atoms with Crippen LogP contribution in [0.3, 0.4) is 0 Å². The number of hydrogen-bond acceptors (Lipinski definition) is 6. The summed E-state index contributed by atoms with van der Waals surface area (Å²) in [6, 6.07) is 7.35. The molecule has 0 saturated heterocycles. The van der Waals surface area contributed by atoms with Gasteiger partial charge in [-0.3, -0.25) is 4.79 Å².